The molecule has 0 bridgehead atoms. The summed E-state index contributed by atoms with van der Waals surface area (Å²) in [6.07, 6.45) is 0.937. The van der Waals surface area contributed by atoms with Gasteiger partial charge in [0.05, 0.1) is 5.25 Å². The van der Waals surface area contributed by atoms with Crippen molar-refractivity contribution < 1.29 is 4.79 Å². The Hall–Kier alpha value is -0.870. The molecule has 0 aliphatic carbocycles. The van der Waals surface area contributed by atoms with Crippen molar-refractivity contribution in [3.63, 3.8) is 0 Å². The second kappa shape index (κ2) is 6.77. The molecule has 0 saturated carbocycles. The van der Waals surface area contributed by atoms with Gasteiger partial charge in [-0.25, -0.2) is 0 Å². The van der Waals surface area contributed by atoms with E-state index < -0.39 is 0 Å². The van der Waals surface area contributed by atoms with Gasteiger partial charge in [-0.15, -0.1) is 11.8 Å². The SMILES string of the molecule is CCCNC(=O)C(C)Sc1ccc(Cl)cc1N. The van der Waals surface area contributed by atoms with Gasteiger partial charge in [0.2, 0.25) is 5.91 Å². The molecule has 1 amide bonds. The zero-order valence-corrected chi connectivity index (χ0v) is 11.6. The van der Waals surface area contributed by atoms with E-state index in [2.05, 4.69) is 5.32 Å². The molecule has 3 N–H and O–H groups in total. The second-order valence-corrected chi connectivity index (χ2v) is 5.55. The van der Waals surface area contributed by atoms with Crippen molar-refractivity contribution in [2.75, 3.05) is 12.3 Å². The molecule has 0 aliphatic heterocycles. The van der Waals surface area contributed by atoms with Gasteiger partial charge < -0.3 is 11.1 Å². The quantitative estimate of drug-likeness (QED) is 0.640. The number of hydrogen-bond acceptors (Lipinski definition) is 3. The number of thioether (sulfide) groups is 1. The molecule has 0 radical (unpaired) electrons. The highest BCUT2D eigenvalue weighted by Crippen LogP contribution is 2.30. The minimum Gasteiger partial charge on any atom is -0.398 e. The van der Waals surface area contributed by atoms with E-state index in [1.807, 2.05) is 19.9 Å². The molecule has 0 aromatic heterocycles. The topological polar surface area (TPSA) is 55.1 Å². The van der Waals surface area contributed by atoms with E-state index >= 15 is 0 Å². The van der Waals surface area contributed by atoms with Crippen molar-refractivity contribution in [2.24, 2.45) is 0 Å². The number of amides is 1. The first-order chi connectivity index (χ1) is 8.04. The maximum absolute atomic E-state index is 11.7. The van der Waals surface area contributed by atoms with Gasteiger partial charge in [-0.1, -0.05) is 18.5 Å². The summed E-state index contributed by atoms with van der Waals surface area (Å²) in [4.78, 5) is 12.6. The molecule has 0 saturated heterocycles. The molecule has 94 valence electrons. The van der Waals surface area contributed by atoms with Gasteiger partial charge in [0, 0.05) is 22.2 Å². The Kier molecular flexibility index (Phi) is 5.65. The fourth-order valence-electron chi connectivity index (χ4n) is 1.26. The third-order valence-corrected chi connectivity index (χ3v) is 3.62. The lowest BCUT2D eigenvalue weighted by Gasteiger charge is -2.12. The Bertz CT molecular complexity index is 398. The standard InChI is InChI=1S/C12H17ClN2OS/c1-3-6-15-12(16)8(2)17-11-5-4-9(13)7-10(11)14/h4-5,7-8H,3,6,14H2,1-2H3,(H,15,16). The molecule has 1 atom stereocenters. The average Bonchev–Trinajstić information content (AvgIpc) is 2.29. The van der Waals surface area contributed by atoms with E-state index in [1.54, 1.807) is 12.1 Å². The number of carbonyl (C=O) groups is 1. The van der Waals surface area contributed by atoms with Gasteiger partial charge in [0.1, 0.15) is 0 Å². The fourth-order valence-corrected chi connectivity index (χ4v) is 2.36. The minimum absolute atomic E-state index is 0.0335. The summed E-state index contributed by atoms with van der Waals surface area (Å²) in [5.41, 5.74) is 6.44. The number of rotatable bonds is 5. The van der Waals surface area contributed by atoms with Gasteiger partial charge in [-0.3, -0.25) is 4.79 Å². The predicted molar refractivity (Wildman–Crippen MR) is 74.5 cm³/mol. The Morgan fingerprint density at radius 3 is 2.88 bits per heavy atom. The largest absolute Gasteiger partial charge is 0.398 e. The van der Waals surface area contributed by atoms with Gasteiger partial charge in [-0.05, 0) is 31.5 Å². The Balaban J connectivity index is 2.61. The van der Waals surface area contributed by atoms with Crippen LogP contribution in [0.15, 0.2) is 23.1 Å². The van der Waals surface area contributed by atoms with Crippen LogP contribution in [0.4, 0.5) is 5.69 Å². The van der Waals surface area contributed by atoms with Crippen molar-refractivity contribution in [3.8, 4) is 0 Å². The van der Waals surface area contributed by atoms with Crippen LogP contribution >= 0.6 is 23.4 Å². The van der Waals surface area contributed by atoms with Crippen LogP contribution in [0.2, 0.25) is 5.02 Å². The third-order valence-electron chi connectivity index (χ3n) is 2.19. The highest BCUT2D eigenvalue weighted by Gasteiger charge is 2.14. The molecule has 3 nitrogen and oxygen atoms in total. The number of nitrogens with one attached hydrogen (secondary N) is 1. The normalized spacial score (nSPS) is 12.2. The summed E-state index contributed by atoms with van der Waals surface area (Å²) in [7, 11) is 0. The molecule has 1 aromatic carbocycles. The molecule has 1 aromatic rings. The number of benzene rings is 1. The summed E-state index contributed by atoms with van der Waals surface area (Å²) < 4.78 is 0. The maximum Gasteiger partial charge on any atom is 0.233 e. The highest BCUT2D eigenvalue weighted by molar-refractivity contribution is 8.00. The minimum atomic E-state index is -0.162. The van der Waals surface area contributed by atoms with Crippen molar-refractivity contribution in [2.45, 2.75) is 30.4 Å². The van der Waals surface area contributed by atoms with Crippen molar-refractivity contribution in [1.82, 2.24) is 5.32 Å². The summed E-state index contributed by atoms with van der Waals surface area (Å²) in [6, 6.07) is 5.31. The summed E-state index contributed by atoms with van der Waals surface area (Å²) >= 11 is 7.26. The molecule has 5 heteroatoms. The highest BCUT2D eigenvalue weighted by atomic mass is 35.5. The zero-order valence-electron chi connectivity index (χ0n) is 10.00. The van der Waals surface area contributed by atoms with Crippen LogP contribution < -0.4 is 11.1 Å². The second-order valence-electron chi connectivity index (χ2n) is 3.73. The Morgan fingerprint density at radius 2 is 2.29 bits per heavy atom. The molecule has 17 heavy (non-hydrogen) atoms. The number of carbonyl (C=O) groups excluding carboxylic acids is 1. The van der Waals surface area contributed by atoms with Crippen LogP contribution in [0, 0.1) is 0 Å². The predicted octanol–water partition coefficient (Wildman–Crippen LogP) is 2.93. The maximum atomic E-state index is 11.7. The van der Waals surface area contributed by atoms with Crippen LogP contribution in [0.1, 0.15) is 20.3 Å². The van der Waals surface area contributed by atoms with Crippen LogP contribution in [0.3, 0.4) is 0 Å². The molecule has 0 spiro atoms. The molecule has 0 aliphatic rings. The summed E-state index contributed by atoms with van der Waals surface area (Å²) in [5.74, 6) is 0.0335. The van der Waals surface area contributed by atoms with E-state index in [0.29, 0.717) is 17.3 Å². The molecule has 1 rings (SSSR count). The van der Waals surface area contributed by atoms with Gasteiger partial charge in [0.15, 0.2) is 0 Å². The van der Waals surface area contributed by atoms with E-state index in [4.69, 9.17) is 17.3 Å². The van der Waals surface area contributed by atoms with E-state index in [-0.39, 0.29) is 11.2 Å². The van der Waals surface area contributed by atoms with Crippen molar-refractivity contribution >= 4 is 35.0 Å². The number of halogens is 1. The van der Waals surface area contributed by atoms with Crippen LogP contribution in [0.5, 0.6) is 0 Å². The lowest BCUT2D eigenvalue weighted by molar-refractivity contribution is -0.120. The lowest BCUT2D eigenvalue weighted by Crippen LogP contribution is -2.31. The number of nitrogens with two attached hydrogens (primary N) is 1. The molecule has 0 heterocycles. The van der Waals surface area contributed by atoms with Crippen LogP contribution in [-0.2, 0) is 4.79 Å². The van der Waals surface area contributed by atoms with Gasteiger partial charge in [0.25, 0.3) is 0 Å². The van der Waals surface area contributed by atoms with Gasteiger partial charge in [-0.2, -0.15) is 0 Å². The van der Waals surface area contributed by atoms with Crippen LogP contribution in [-0.4, -0.2) is 17.7 Å². The van der Waals surface area contributed by atoms with Crippen molar-refractivity contribution in [3.05, 3.63) is 23.2 Å². The molecule has 0 fully saturated rings. The van der Waals surface area contributed by atoms with E-state index in [9.17, 15) is 4.79 Å². The monoisotopic (exact) mass is 272 g/mol. The van der Waals surface area contributed by atoms with Gasteiger partial charge >= 0.3 is 0 Å². The van der Waals surface area contributed by atoms with E-state index in [0.717, 1.165) is 11.3 Å². The first kappa shape index (κ1) is 14.2. The van der Waals surface area contributed by atoms with E-state index in [1.165, 1.54) is 11.8 Å². The van der Waals surface area contributed by atoms with Crippen LogP contribution in [0.25, 0.3) is 0 Å². The number of hydrogen-bond donors (Lipinski definition) is 2. The number of nitrogen functional groups attached to an aromatic ring is 1. The first-order valence-corrected chi connectivity index (χ1v) is 6.79. The molecular weight excluding hydrogens is 256 g/mol. The van der Waals surface area contributed by atoms with Crippen molar-refractivity contribution in [1.29, 1.82) is 0 Å². The first-order valence-electron chi connectivity index (χ1n) is 5.54. The molecule has 1 unspecified atom stereocenters. The Labute approximate surface area is 111 Å². The summed E-state index contributed by atoms with van der Waals surface area (Å²) in [6.45, 7) is 4.60. The lowest BCUT2D eigenvalue weighted by atomic mass is 10.3. The fraction of sp³-hybridized carbons (Fsp3) is 0.417. The summed E-state index contributed by atoms with van der Waals surface area (Å²) in [5, 5.41) is 3.30. The number of anilines is 1. The smallest absolute Gasteiger partial charge is 0.233 e. The Morgan fingerprint density at radius 1 is 1.59 bits per heavy atom. The molecular formula is C12H17ClN2OS. The third kappa shape index (κ3) is 4.48. The average molecular weight is 273 g/mol. The zero-order chi connectivity index (χ0) is 12.8.